The van der Waals surface area contributed by atoms with E-state index in [9.17, 15) is 4.79 Å². The minimum absolute atomic E-state index is 0.348. The van der Waals surface area contributed by atoms with Crippen LogP contribution in [0.1, 0.15) is 42.7 Å². The fourth-order valence-electron chi connectivity index (χ4n) is 1.86. The highest BCUT2D eigenvalue weighted by atomic mass is 32.1. The number of carbonyl (C=O) groups excluding carboxylic acids is 1. The molecule has 0 fully saturated rings. The first kappa shape index (κ1) is 14.5. The summed E-state index contributed by atoms with van der Waals surface area (Å²) in [4.78, 5) is 15.8. The molecule has 0 amide bonds. The van der Waals surface area contributed by atoms with Gasteiger partial charge in [0.15, 0.2) is 10.8 Å². The van der Waals surface area contributed by atoms with Crippen LogP contribution < -0.4 is 5.32 Å². The van der Waals surface area contributed by atoms with Crippen LogP contribution in [0, 0.1) is 0 Å². The van der Waals surface area contributed by atoms with E-state index in [4.69, 9.17) is 4.74 Å². The first-order chi connectivity index (χ1) is 9.61. The fraction of sp³-hybridized carbons (Fsp3) is 0.333. The number of nitrogens with one attached hydrogen (secondary N) is 1. The molecule has 4 nitrogen and oxygen atoms in total. The Morgan fingerprint density at radius 2 is 2.15 bits per heavy atom. The van der Waals surface area contributed by atoms with Gasteiger partial charge in [0, 0.05) is 11.1 Å². The quantitative estimate of drug-likeness (QED) is 0.839. The van der Waals surface area contributed by atoms with Crippen molar-refractivity contribution in [1.29, 1.82) is 0 Å². The van der Waals surface area contributed by atoms with Crippen molar-refractivity contribution in [3.8, 4) is 0 Å². The van der Waals surface area contributed by atoms with Crippen molar-refractivity contribution in [2.75, 3.05) is 11.9 Å². The summed E-state index contributed by atoms with van der Waals surface area (Å²) in [6, 6.07) is 8.11. The Balaban J connectivity index is 2.17. The lowest BCUT2D eigenvalue weighted by Crippen LogP contribution is -2.05. The first-order valence-electron chi connectivity index (χ1n) is 6.60. The van der Waals surface area contributed by atoms with Crippen molar-refractivity contribution in [2.24, 2.45) is 0 Å². The van der Waals surface area contributed by atoms with Gasteiger partial charge in [0.2, 0.25) is 0 Å². The lowest BCUT2D eigenvalue weighted by molar-refractivity contribution is 0.0520. The summed E-state index contributed by atoms with van der Waals surface area (Å²) >= 11 is 1.40. The molecule has 1 N–H and O–H groups in total. The van der Waals surface area contributed by atoms with Gasteiger partial charge in [0.05, 0.1) is 6.61 Å². The second-order valence-electron chi connectivity index (χ2n) is 4.63. The molecule has 0 aliphatic heterocycles. The maximum atomic E-state index is 11.6. The molecule has 0 radical (unpaired) electrons. The highest BCUT2D eigenvalue weighted by Crippen LogP contribution is 2.28. The molecular formula is C15H18N2O2S. The molecule has 0 saturated heterocycles. The maximum absolute atomic E-state index is 11.6. The van der Waals surface area contributed by atoms with Crippen molar-refractivity contribution >= 4 is 28.1 Å². The standard InChI is InChI=1S/C15H18N2O2S/c1-4-19-14(18)13-9-20-15(17-13)16-12-8-6-5-7-11(12)10(2)3/h5-10H,4H2,1-3H3,(H,16,17). The SMILES string of the molecule is CCOC(=O)c1csc(Nc2ccccc2C(C)C)n1. The third kappa shape index (κ3) is 3.36. The van der Waals surface area contributed by atoms with E-state index in [-0.39, 0.29) is 5.97 Å². The van der Waals surface area contributed by atoms with Crippen LogP contribution in [0.15, 0.2) is 29.6 Å². The van der Waals surface area contributed by atoms with E-state index in [1.54, 1.807) is 12.3 Å². The topological polar surface area (TPSA) is 51.2 Å². The van der Waals surface area contributed by atoms with Gasteiger partial charge in [0.25, 0.3) is 0 Å². The number of anilines is 2. The average molecular weight is 290 g/mol. The molecule has 0 saturated carbocycles. The second kappa shape index (κ2) is 6.52. The molecule has 0 spiro atoms. The molecule has 5 heteroatoms. The minimum Gasteiger partial charge on any atom is -0.461 e. The van der Waals surface area contributed by atoms with Gasteiger partial charge >= 0.3 is 5.97 Å². The van der Waals surface area contributed by atoms with Gasteiger partial charge in [-0.15, -0.1) is 11.3 Å². The van der Waals surface area contributed by atoms with Gasteiger partial charge in [-0.05, 0) is 24.5 Å². The second-order valence-corrected chi connectivity index (χ2v) is 5.48. The Kier molecular flexibility index (Phi) is 4.74. The van der Waals surface area contributed by atoms with E-state index in [1.807, 2.05) is 18.2 Å². The number of carbonyl (C=O) groups is 1. The zero-order valence-corrected chi connectivity index (χ0v) is 12.7. The van der Waals surface area contributed by atoms with Crippen LogP contribution in [0.2, 0.25) is 0 Å². The molecule has 1 heterocycles. The molecule has 0 aliphatic rings. The number of aromatic nitrogens is 1. The van der Waals surface area contributed by atoms with Crippen LogP contribution in [-0.2, 0) is 4.74 Å². The zero-order valence-electron chi connectivity index (χ0n) is 11.8. The van der Waals surface area contributed by atoms with Gasteiger partial charge in [-0.1, -0.05) is 32.0 Å². The van der Waals surface area contributed by atoms with Gasteiger partial charge < -0.3 is 10.1 Å². The summed E-state index contributed by atoms with van der Waals surface area (Å²) in [7, 11) is 0. The van der Waals surface area contributed by atoms with Crippen molar-refractivity contribution in [3.05, 3.63) is 40.9 Å². The molecule has 1 aromatic heterocycles. The van der Waals surface area contributed by atoms with Crippen molar-refractivity contribution in [3.63, 3.8) is 0 Å². The number of benzene rings is 1. The van der Waals surface area contributed by atoms with E-state index < -0.39 is 0 Å². The largest absolute Gasteiger partial charge is 0.461 e. The lowest BCUT2D eigenvalue weighted by Gasteiger charge is -2.12. The van der Waals surface area contributed by atoms with Crippen LogP contribution >= 0.6 is 11.3 Å². The third-order valence-corrected chi connectivity index (χ3v) is 3.57. The number of nitrogens with zero attached hydrogens (tertiary/aromatic N) is 1. The Bertz CT molecular complexity index is 593. The molecule has 1 aromatic carbocycles. The first-order valence-corrected chi connectivity index (χ1v) is 7.48. The van der Waals surface area contributed by atoms with Gasteiger partial charge in [-0.2, -0.15) is 0 Å². The van der Waals surface area contributed by atoms with Crippen LogP contribution in [-0.4, -0.2) is 17.6 Å². The Morgan fingerprint density at radius 1 is 1.40 bits per heavy atom. The van der Waals surface area contributed by atoms with Gasteiger partial charge in [-0.3, -0.25) is 0 Å². The number of ether oxygens (including phenoxy) is 1. The van der Waals surface area contributed by atoms with E-state index in [0.29, 0.717) is 23.4 Å². The van der Waals surface area contributed by atoms with E-state index in [2.05, 4.69) is 30.2 Å². The molecule has 0 atom stereocenters. The van der Waals surface area contributed by atoms with Crippen LogP contribution in [0.5, 0.6) is 0 Å². The highest BCUT2D eigenvalue weighted by molar-refractivity contribution is 7.14. The number of hydrogen-bond acceptors (Lipinski definition) is 5. The third-order valence-electron chi connectivity index (χ3n) is 2.81. The number of rotatable bonds is 5. The smallest absolute Gasteiger partial charge is 0.357 e. The monoisotopic (exact) mass is 290 g/mol. The lowest BCUT2D eigenvalue weighted by atomic mass is 10.0. The predicted molar refractivity (Wildman–Crippen MR) is 81.9 cm³/mol. The summed E-state index contributed by atoms with van der Waals surface area (Å²) in [6.07, 6.45) is 0. The summed E-state index contributed by atoms with van der Waals surface area (Å²) < 4.78 is 4.93. The van der Waals surface area contributed by atoms with E-state index >= 15 is 0 Å². The Morgan fingerprint density at radius 3 is 2.85 bits per heavy atom. The summed E-state index contributed by atoms with van der Waals surface area (Å²) in [6.45, 7) is 6.43. The van der Waals surface area contributed by atoms with E-state index in [0.717, 1.165) is 5.69 Å². The molecule has 2 rings (SSSR count). The van der Waals surface area contributed by atoms with Crippen molar-refractivity contribution in [2.45, 2.75) is 26.7 Å². The van der Waals surface area contributed by atoms with Crippen LogP contribution in [0.3, 0.4) is 0 Å². The summed E-state index contributed by atoms with van der Waals surface area (Å²) in [5.41, 5.74) is 2.59. The highest BCUT2D eigenvalue weighted by Gasteiger charge is 2.13. The number of thiazole rings is 1. The van der Waals surface area contributed by atoms with Crippen molar-refractivity contribution in [1.82, 2.24) is 4.98 Å². The summed E-state index contributed by atoms with van der Waals surface area (Å²) in [5.74, 6) is 0.0390. The molecule has 0 aliphatic carbocycles. The van der Waals surface area contributed by atoms with Crippen molar-refractivity contribution < 1.29 is 9.53 Å². The van der Waals surface area contributed by atoms with E-state index in [1.165, 1.54) is 16.9 Å². The Labute approximate surface area is 122 Å². The van der Waals surface area contributed by atoms with Crippen LogP contribution in [0.25, 0.3) is 0 Å². The normalized spacial score (nSPS) is 10.6. The maximum Gasteiger partial charge on any atom is 0.357 e. The molecule has 0 unspecified atom stereocenters. The number of para-hydroxylation sites is 1. The van der Waals surface area contributed by atoms with Gasteiger partial charge in [0.1, 0.15) is 0 Å². The van der Waals surface area contributed by atoms with Crippen LogP contribution in [0.4, 0.5) is 10.8 Å². The molecular weight excluding hydrogens is 272 g/mol. The fourth-order valence-corrected chi connectivity index (χ4v) is 2.55. The molecule has 106 valence electrons. The minimum atomic E-state index is -0.381. The Hall–Kier alpha value is -1.88. The predicted octanol–water partition coefficient (Wildman–Crippen LogP) is 4.19. The number of hydrogen-bond donors (Lipinski definition) is 1. The summed E-state index contributed by atoms with van der Waals surface area (Å²) in [5, 5.41) is 5.67. The molecule has 2 aromatic rings. The average Bonchev–Trinajstić information content (AvgIpc) is 2.88. The zero-order chi connectivity index (χ0) is 14.5. The number of esters is 1. The molecule has 0 bridgehead atoms. The van der Waals surface area contributed by atoms with Gasteiger partial charge in [-0.25, -0.2) is 9.78 Å². The molecule has 20 heavy (non-hydrogen) atoms.